The topological polar surface area (TPSA) is 49.3 Å². The minimum atomic E-state index is -0.127. The summed E-state index contributed by atoms with van der Waals surface area (Å²) < 4.78 is 0. The molecule has 1 heterocycles. The first kappa shape index (κ1) is 24.8. The lowest BCUT2D eigenvalue weighted by Crippen LogP contribution is -2.60. The van der Waals surface area contributed by atoms with Crippen LogP contribution in [0.2, 0.25) is 0 Å². The lowest BCUT2D eigenvalue weighted by atomic mass is 9.45. The van der Waals surface area contributed by atoms with Crippen LogP contribution in [0.15, 0.2) is 30.3 Å². The van der Waals surface area contributed by atoms with E-state index in [1.54, 1.807) is 0 Å². The van der Waals surface area contributed by atoms with Crippen LogP contribution in [0.1, 0.15) is 77.7 Å². The molecule has 4 fully saturated rings. The van der Waals surface area contributed by atoms with E-state index in [4.69, 9.17) is 0 Å². The van der Waals surface area contributed by atoms with E-state index in [0.29, 0.717) is 57.9 Å². The number of nitrogens with one attached hydrogen (secondary N) is 1. The van der Waals surface area contributed by atoms with E-state index in [0.717, 1.165) is 31.7 Å². The summed E-state index contributed by atoms with van der Waals surface area (Å²) in [4.78, 5) is 12.6. The summed E-state index contributed by atoms with van der Waals surface area (Å²) >= 11 is 1.48. The van der Waals surface area contributed by atoms with Crippen molar-refractivity contribution in [1.82, 2.24) is 5.32 Å². The highest BCUT2D eigenvalue weighted by Crippen LogP contribution is 2.67. The summed E-state index contributed by atoms with van der Waals surface area (Å²) in [6.45, 7) is 9.75. The van der Waals surface area contributed by atoms with Crippen LogP contribution in [-0.2, 0) is 10.5 Å². The SMILES string of the molecule is C[C@H](CCC(=O)SCc1ccccc1)[C@H]1CC[C@H]2[C@@H]3[C@@H](O)C[C@@H]4CNCC[C@]4(C)[C@H]3CC[C@]12C. The van der Waals surface area contributed by atoms with E-state index in [1.807, 2.05) is 18.2 Å². The van der Waals surface area contributed by atoms with Crippen LogP contribution in [-0.4, -0.2) is 29.4 Å². The van der Waals surface area contributed by atoms with Gasteiger partial charge in [0.25, 0.3) is 0 Å². The maximum atomic E-state index is 12.6. The Balaban J connectivity index is 1.21. The van der Waals surface area contributed by atoms with Crippen molar-refractivity contribution in [1.29, 1.82) is 0 Å². The molecule has 1 aromatic carbocycles. The van der Waals surface area contributed by atoms with Crippen molar-refractivity contribution in [2.45, 2.75) is 84.0 Å². The van der Waals surface area contributed by atoms with E-state index in [-0.39, 0.29) is 6.10 Å². The highest BCUT2D eigenvalue weighted by Gasteiger charge is 2.62. The van der Waals surface area contributed by atoms with Crippen molar-refractivity contribution < 1.29 is 9.90 Å². The number of carbonyl (C=O) groups is 1. The predicted octanol–water partition coefficient (Wildman–Crippen LogP) is 6.30. The average Bonchev–Trinajstić information content (AvgIpc) is 3.19. The fourth-order valence-electron chi connectivity index (χ4n) is 9.19. The number of hydrogen-bond acceptors (Lipinski definition) is 4. The molecule has 3 saturated carbocycles. The molecule has 0 aromatic heterocycles. The molecule has 0 radical (unpaired) electrons. The summed E-state index contributed by atoms with van der Waals surface area (Å²) in [5, 5.41) is 15.3. The first-order chi connectivity index (χ1) is 16.3. The molecule has 9 atom stereocenters. The predicted molar refractivity (Wildman–Crippen MR) is 141 cm³/mol. The number of thioether (sulfide) groups is 1. The maximum absolute atomic E-state index is 12.6. The van der Waals surface area contributed by atoms with Crippen molar-refractivity contribution in [2.75, 3.05) is 13.1 Å². The third kappa shape index (κ3) is 4.41. The minimum absolute atomic E-state index is 0.127. The molecule has 0 amide bonds. The van der Waals surface area contributed by atoms with Crippen molar-refractivity contribution in [3.8, 4) is 0 Å². The van der Waals surface area contributed by atoms with Crippen LogP contribution in [0.5, 0.6) is 0 Å². The van der Waals surface area contributed by atoms with Gasteiger partial charge in [-0.3, -0.25) is 4.79 Å². The average molecular weight is 484 g/mol. The van der Waals surface area contributed by atoms with Crippen molar-refractivity contribution >= 4 is 16.9 Å². The molecule has 34 heavy (non-hydrogen) atoms. The molecule has 1 saturated heterocycles. The zero-order valence-electron chi connectivity index (χ0n) is 21.5. The second kappa shape index (κ2) is 9.90. The molecule has 2 N–H and O–H groups in total. The van der Waals surface area contributed by atoms with Gasteiger partial charge < -0.3 is 10.4 Å². The number of rotatable bonds is 6. The van der Waals surface area contributed by atoms with E-state index >= 15 is 0 Å². The number of aliphatic hydroxyl groups is 1. The quantitative estimate of drug-likeness (QED) is 0.498. The Morgan fingerprint density at radius 1 is 1.12 bits per heavy atom. The zero-order valence-corrected chi connectivity index (χ0v) is 22.3. The van der Waals surface area contributed by atoms with Gasteiger partial charge in [0, 0.05) is 12.2 Å². The molecule has 4 heteroatoms. The number of fused-ring (bicyclic) bond motifs is 5. The number of carbonyl (C=O) groups excluding carboxylic acids is 1. The molecule has 5 rings (SSSR count). The first-order valence-electron chi connectivity index (χ1n) is 13.9. The van der Waals surface area contributed by atoms with E-state index in [2.05, 4.69) is 38.2 Å². The summed E-state index contributed by atoms with van der Waals surface area (Å²) in [5.74, 6) is 4.52. The highest BCUT2D eigenvalue weighted by molar-refractivity contribution is 8.12. The van der Waals surface area contributed by atoms with E-state index in [9.17, 15) is 9.90 Å². The lowest BCUT2D eigenvalue weighted by Gasteiger charge is -2.62. The molecule has 0 bridgehead atoms. The van der Waals surface area contributed by atoms with Gasteiger partial charge in [0.05, 0.1) is 6.10 Å². The van der Waals surface area contributed by atoms with E-state index < -0.39 is 0 Å². The Bertz CT molecular complexity index is 861. The Kier molecular flexibility index (Phi) is 7.23. The van der Waals surface area contributed by atoms with Gasteiger partial charge in [-0.1, -0.05) is 62.9 Å². The number of hydrogen-bond donors (Lipinski definition) is 2. The molecular formula is C30H45NO2S. The Labute approximate surface area is 211 Å². The van der Waals surface area contributed by atoms with Crippen LogP contribution >= 0.6 is 11.8 Å². The number of piperidine rings is 1. The Morgan fingerprint density at radius 2 is 1.88 bits per heavy atom. The number of benzene rings is 1. The Hall–Kier alpha value is -0.840. The van der Waals surface area contributed by atoms with Gasteiger partial charge in [0.15, 0.2) is 5.12 Å². The van der Waals surface area contributed by atoms with Crippen LogP contribution in [0.4, 0.5) is 0 Å². The van der Waals surface area contributed by atoms with Gasteiger partial charge in [-0.25, -0.2) is 0 Å². The standard InChI is InChI=1S/C30H45NO2S/c1-20(9-12-27(33)34-19-21-7-5-4-6-8-21)23-10-11-24-28-25(13-14-30(23,24)3)29(2)15-16-31-18-22(29)17-26(28)32/h4-8,20,22-26,28,31-32H,9-19H2,1-3H3/t20-,22-,23-,24+,25+,26+,28+,29+,30-/m1/s1. The monoisotopic (exact) mass is 483 g/mol. The summed E-state index contributed by atoms with van der Waals surface area (Å²) in [6, 6.07) is 10.3. The minimum Gasteiger partial charge on any atom is -0.393 e. The molecule has 0 unspecified atom stereocenters. The van der Waals surface area contributed by atoms with Crippen molar-refractivity contribution in [2.24, 2.45) is 46.3 Å². The molecule has 188 valence electrons. The first-order valence-corrected chi connectivity index (χ1v) is 14.9. The number of aliphatic hydroxyl groups excluding tert-OH is 1. The summed E-state index contributed by atoms with van der Waals surface area (Å²) in [6.07, 6.45) is 9.00. The second-order valence-electron chi connectivity index (χ2n) is 12.6. The van der Waals surface area contributed by atoms with Gasteiger partial charge in [0.1, 0.15) is 0 Å². The molecule has 4 aliphatic rings. The van der Waals surface area contributed by atoms with E-state index in [1.165, 1.54) is 49.4 Å². The molecule has 1 aromatic rings. The van der Waals surface area contributed by atoms with Gasteiger partial charge in [0.2, 0.25) is 0 Å². The fraction of sp³-hybridized carbons (Fsp3) is 0.767. The highest BCUT2D eigenvalue weighted by atomic mass is 32.2. The lowest BCUT2D eigenvalue weighted by molar-refractivity contribution is -0.161. The van der Waals surface area contributed by atoms with Crippen LogP contribution in [0.25, 0.3) is 0 Å². The molecule has 1 aliphatic heterocycles. The second-order valence-corrected chi connectivity index (χ2v) is 13.7. The molecule has 0 spiro atoms. The molecular weight excluding hydrogens is 438 g/mol. The van der Waals surface area contributed by atoms with Crippen LogP contribution in [0.3, 0.4) is 0 Å². The van der Waals surface area contributed by atoms with Crippen molar-refractivity contribution in [3.05, 3.63) is 35.9 Å². The fourth-order valence-corrected chi connectivity index (χ4v) is 9.98. The summed E-state index contributed by atoms with van der Waals surface area (Å²) in [5.41, 5.74) is 1.97. The maximum Gasteiger partial charge on any atom is 0.189 e. The van der Waals surface area contributed by atoms with Crippen LogP contribution in [0, 0.1) is 46.3 Å². The van der Waals surface area contributed by atoms with Gasteiger partial charge in [-0.05, 0) is 110 Å². The van der Waals surface area contributed by atoms with Crippen LogP contribution < -0.4 is 5.32 Å². The normalized spacial score (nSPS) is 42.4. The van der Waals surface area contributed by atoms with Gasteiger partial charge in [-0.2, -0.15) is 0 Å². The third-order valence-electron chi connectivity index (χ3n) is 11.1. The smallest absolute Gasteiger partial charge is 0.189 e. The van der Waals surface area contributed by atoms with Gasteiger partial charge in [-0.15, -0.1) is 0 Å². The largest absolute Gasteiger partial charge is 0.393 e. The molecule has 3 aliphatic carbocycles. The third-order valence-corrected chi connectivity index (χ3v) is 12.1. The molecule has 3 nitrogen and oxygen atoms in total. The Morgan fingerprint density at radius 3 is 2.68 bits per heavy atom. The van der Waals surface area contributed by atoms with Crippen molar-refractivity contribution in [3.63, 3.8) is 0 Å². The van der Waals surface area contributed by atoms with Gasteiger partial charge >= 0.3 is 0 Å². The summed E-state index contributed by atoms with van der Waals surface area (Å²) in [7, 11) is 0. The zero-order chi connectivity index (χ0) is 23.9.